The van der Waals surface area contributed by atoms with Gasteiger partial charge in [-0.05, 0) is 66.2 Å². The molecule has 2 aromatic heterocycles. The van der Waals surface area contributed by atoms with E-state index in [1.165, 1.54) is 0 Å². The van der Waals surface area contributed by atoms with Crippen molar-refractivity contribution in [3.8, 4) is 67.4 Å². The highest BCUT2D eigenvalue weighted by Crippen LogP contribution is 2.35. The lowest BCUT2D eigenvalue weighted by Gasteiger charge is -2.13. The van der Waals surface area contributed by atoms with Crippen LogP contribution in [0.25, 0.3) is 73.1 Å². The first kappa shape index (κ1) is 31.0. The first-order valence-electron chi connectivity index (χ1n) is 16.1. The molecule has 0 saturated heterocycles. The summed E-state index contributed by atoms with van der Waals surface area (Å²) in [5, 5.41) is 0. The van der Waals surface area contributed by atoms with E-state index in [9.17, 15) is 0 Å². The summed E-state index contributed by atoms with van der Waals surface area (Å²) in [6, 6.07) is 46.0. The van der Waals surface area contributed by atoms with Gasteiger partial charge in [-0.1, -0.05) is 121 Å². The van der Waals surface area contributed by atoms with Gasteiger partial charge in [0.25, 0.3) is 0 Å². The Morgan fingerprint density at radius 1 is 0.551 bits per heavy atom. The third-order valence-corrected chi connectivity index (χ3v) is 8.26. The quantitative estimate of drug-likeness (QED) is 0.117. The molecule has 0 aliphatic heterocycles. The van der Waals surface area contributed by atoms with E-state index >= 15 is 0 Å². The molecular weight excluding hydrogens is 599 g/mol. The SMILES string of the molecule is C=N/C(=C\C=C/C)c1ccc(-c2cc(-c3ccc(-c4cnccn4)cc3)cc(-c3nc(-c4ccccc4)cc(-c4ccccc4)n3)c2)cc1. The molecular formula is C44H33N5. The number of rotatable bonds is 9. The molecule has 5 heteroatoms. The first-order chi connectivity index (χ1) is 24.2. The van der Waals surface area contributed by atoms with Gasteiger partial charge in [0.15, 0.2) is 5.82 Å². The van der Waals surface area contributed by atoms with Crippen molar-refractivity contribution in [2.24, 2.45) is 4.99 Å². The van der Waals surface area contributed by atoms with E-state index in [0.29, 0.717) is 5.82 Å². The fourth-order valence-corrected chi connectivity index (χ4v) is 5.72. The van der Waals surface area contributed by atoms with E-state index in [2.05, 4.69) is 119 Å². The van der Waals surface area contributed by atoms with E-state index in [1.54, 1.807) is 18.6 Å². The van der Waals surface area contributed by atoms with Crippen LogP contribution in [0.5, 0.6) is 0 Å². The van der Waals surface area contributed by atoms with Gasteiger partial charge in [0.05, 0.1) is 29.0 Å². The van der Waals surface area contributed by atoms with Crippen molar-refractivity contribution in [3.05, 3.63) is 176 Å². The summed E-state index contributed by atoms with van der Waals surface area (Å²) < 4.78 is 0. The average Bonchev–Trinajstić information content (AvgIpc) is 3.19. The molecule has 2 heterocycles. The molecule has 0 saturated carbocycles. The predicted molar refractivity (Wildman–Crippen MR) is 203 cm³/mol. The molecule has 0 radical (unpaired) electrons. The van der Waals surface area contributed by atoms with Crippen molar-refractivity contribution in [2.45, 2.75) is 6.92 Å². The molecule has 5 aromatic carbocycles. The lowest BCUT2D eigenvalue weighted by atomic mass is 9.94. The van der Waals surface area contributed by atoms with Crippen LogP contribution in [0.15, 0.2) is 175 Å². The van der Waals surface area contributed by atoms with Crippen molar-refractivity contribution < 1.29 is 0 Å². The van der Waals surface area contributed by atoms with Crippen LogP contribution in [0.1, 0.15) is 12.5 Å². The van der Waals surface area contributed by atoms with Crippen LogP contribution < -0.4 is 0 Å². The standard InChI is InChI=1S/C44H33N5/c1-3-4-15-40(45-2)35-20-16-31(17-21-35)37-26-38(32-18-22-36(23-19-32)43-30-46-24-25-47-43)28-39(27-37)44-48-41(33-11-7-5-8-12-33)29-42(49-44)34-13-9-6-10-14-34/h3-30H,2H2,1H3/b4-3-,40-15-. The van der Waals surface area contributed by atoms with Crippen LogP contribution in [0, 0.1) is 0 Å². The van der Waals surface area contributed by atoms with Crippen molar-refractivity contribution >= 4 is 12.4 Å². The molecule has 0 fully saturated rings. The van der Waals surface area contributed by atoms with Crippen molar-refractivity contribution in [3.63, 3.8) is 0 Å². The normalized spacial score (nSPS) is 11.5. The molecule has 0 bridgehead atoms. The Bertz CT molecular complexity index is 2200. The van der Waals surface area contributed by atoms with Crippen LogP contribution in [0.3, 0.4) is 0 Å². The zero-order valence-electron chi connectivity index (χ0n) is 27.1. The van der Waals surface area contributed by atoms with Crippen LogP contribution >= 0.6 is 0 Å². The van der Waals surface area contributed by atoms with Crippen LogP contribution in [0.2, 0.25) is 0 Å². The largest absolute Gasteiger partial charge is 0.264 e. The lowest BCUT2D eigenvalue weighted by Crippen LogP contribution is -1.97. The van der Waals surface area contributed by atoms with E-state index in [0.717, 1.165) is 72.8 Å². The van der Waals surface area contributed by atoms with Crippen molar-refractivity contribution in [1.82, 2.24) is 19.9 Å². The number of allylic oxidation sites excluding steroid dienone is 3. The highest BCUT2D eigenvalue weighted by Gasteiger charge is 2.14. The van der Waals surface area contributed by atoms with Gasteiger partial charge in [0.1, 0.15) is 0 Å². The third-order valence-electron chi connectivity index (χ3n) is 8.26. The monoisotopic (exact) mass is 631 g/mol. The first-order valence-corrected chi connectivity index (χ1v) is 16.1. The summed E-state index contributed by atoms with van der Waals surface area (Å²) in [5.74, 6) is 0.656. The summed E-state index contributed by atoms with van der Waals surface area (Å²) >= 11 is 0. The summed E-state index contributed by atoms with van der Waals surface area (Å²) in [5.41, 5.74) is 12.6. The molecule has 7 aromatic rings. The highest BCUT2D eigenvalue weighted by atomic mass is 14.9. The van der Waals surface area contributed by atoms with Crippen LogP contribution in [0.4, 0.5) is 0 Å². The second-order valence-corrected chi connectivity index (χ2v) is 11.5. The van der Waals surface area contributed by atoms with Gasteiger partial charge in [-0.15, -0.1) is 0 Å². The molecule has 0 aliphatic rings. The molecule has 0 unspecified atom stereocenters. The molecule has 0 aliphatic carbocycles. The number of hydrogen-bond donors (Lipinski definition) is 0. The van der Waals surface area contributed by atoms with Gasteiger partial charge in [0, 0.05) is 40.2 Å². The Hall–Kier alpha value is -6.59. The smallest absolute Gasteiger partial charge is 0.160 e. The Balaban J connectivity index is 1.38. The number of benzene rings is 5. The summed E-state index contributed by atoms with van der Waals surface area (Å²) in [4.78, 5) is 23.2. The number of aliphatic imine (C=N–C) groups is 1. The van der Waals surface area contributed by atoms with E-state index in [-0.39, 0.29) is 0 Å². The van der Waals surface area contributed by atoms with Crippen molar-refractivity contribution in [2.75, 3.05) is 0 Å². The Kier molecular flexibility index (Phi) is 9.15. The maximum atomic E-state index is 5.14. The van der Waals surface area contributed by atoms with E-state index < -0.39 is 0 Å². The topological polar surface area (TPSA) is 63.9 Å². The second-order valence-electron chi connectivity index (χ2n) is 11.5. The summed E-state index contributed by atoms with van der Waals surface area (Å²) in [7, 11) is 0. The third kappa shape index (κ3) is 7.07. The maximum absolute atomic E-state index is 5.14. The van der Waals surface area contributed by atoms with Gasteiger partial charge >= 0.3 is 0 Å². The molecule has 0 atom stereocenters. The van der Waals surface area contributed by atoms with Gasteiger partial charge in [-0.3, -0.25) is 15.0 Å². The van der Waals surface area contributed by atoms with Gasteiger partial charge < -0.3 is 0 Å². The molecule has 0 amide bonds. The van der Waals surface area contributed by atoms with Gasteiger partial charge in [-0.2, -0.15) is 0 Å². The zero-order chi connectivity index (χ0) is 33.4. The highest BCUT2D eigenvalue weighted by molar-refractivity contribution is 5.82. The minimum atomic E-state index is 0.656. The van der Waals surface area contributed by atoms with Gasteiger partial charge in [-0.25, -0.2) is 9.97 Å². The summed E-state index contributed by atoms with van der Waals surface area (Å²) in [6.45, 7) is 5.75. The molecule has 5 nitrogen and oxygen atoms in total. The second kappa shape index (κ2) is 14.4. The molecule has 0 spiro atoms. The van der Waals surface area contributed by atoms with Crippen molar-refractivity contribution in [1.29, 1.82) is 0 Å². The van der Waals surface area contributed by atoms with E-state index in [4.69, 9.17) is 9.97 Å². The lowest BCUT2D eigenvalue weighted by molar-refractivity contribution is 1.18. The molecule has 49 heavy (non-hydrogen) atoms. The number of aromatic nitrogens is 4. The van der Waals surface area contributed by atoms with E-state index in [1.807, 2.05) is 61.5 Å². The Morgan fingerprint density at radius 3 is 1.61 bits per heavy atom. The Morgan fingerprint density at radius 2 is 1.08 bits per heavy atom. The number of nitrogens with zero attached hydrogens (tertiary/aromatic N) is 5. The molecule has 7 rings (SSSR count). The molecule has 234 valence electrons. The number of hydrogen-bond acceptors (Lipinski definition) is 5. The fourth-order valence-electron chi connectivity index (χ4n) is 5.72. The maximum Gasteiger partial charge on any atom is 0.160 e. The zero-order valence-corrected chi connectivity index (χ0v) is 27.1. The Labute approximate surface area is 286 Å². The minimum Gasteiger partial charge on any atom is -0.264 e. The minimum absolute atomic E-state index is 0.656. The summed E-state index contributed by atoms with van der Waals surface area (Å²) in [6.07, 6.45) is 11.1. The fraction of sp³-hybridized carbons (Fsp3) is 0.0227. The molecule has 0 N–H and O–H groups in total. The predicted octanol–water partition coefficient (Wildman–Crippen LogP) is 10.9. The van der Waals surface area contributed by atoms with Gasteiger partial charge in [0.2, 0.25) is 0 Å². The van der Waals surface area contributed by atoms with Crippen LogP contribution in [-0.2, 0) is 0 Å². The average molecular weight is 632 g/mol. The van der Waals surface area contributed by atoms with Crippen LogP contribution in [-0.4, -0.2) is 26.7 Å².